The van der Waals surface area contributed by atoms with Crippen LogP contribution in [-0.4, -0.2) is 34.6 Å². The van der Waals surface area contributed by atoms with E-state index in [2.05, 4.69) is 41.0 Å². The van der Waals surface area contributed by atoms with Crippen molar-refractivity contribution in [3.05, 3.63) is 17.6 Å². The van der Waals surface area contributed by atoms with E-state index in [1.54, 1.807) is 6.33 Å². The third-order valence-corrected chi connectivity index (χ3v) is 4.62. The fraction of sp³-hybridized carbons (Fsp3) is 0.765. The van der Waals surface area contributed by atoms with Crippen molar-refractivity contribution in [2.45, 2.75) is 70.9 Å². The molecule has 4 heteroatoms. The first kappa shape index (κ1) is 14.8. The predicted octanol–water partition coefficient (Wildman–Crippen LogP) is 2.71. The second kappa shape index (κ2) is 5.91. The maximum absolute atomic E-state index is 4.66. The first-order valence-corrected chi connectivity index (χ1v) is 8.39. The van der Waals surface area contributed by atoms with E-state index in [1.165, 1.54) is 42.8 Å². The van der Waals surface area contributed by atoms with Gasteiger partial charge in [-0.3, -0.25) is 0 Å². The average Bonchev–Trinajstić information content (AvgIpc) is 2.92. The van der Waals surface area contributed by atoms with Gasteiger partial charge >= 0.3 is 0 Å². The van der Waals surface area contributed by atoms with Gasteiger partial charge in [-0.2, -0.15) is 0 Å². The standard InChI is InChI=1S/C17H28N4/c1-17(2,3)20-11-13-7-6-10-21(13)16-14-8-4-5-9-15(14)18-12-19-16/h12-13,20H,4-11H2,1-3H3. The summed E-state index contributed by atoms with van der Waals surface area (Å²) in [7, 11) is 0. The zero-order chi connectivity index (χ0) is 14.9. The number of nitrogens with zero attached hydrogens (tertiary/aromatic N) is 3. The Labute approximate surface area is 128 Å². The fourth-order valence-corrected chi connectivity index (χ4v) is 3.50. The molecule has 1 atom stereocenters. The van der Waals surface area contributed by atoms with Crippen molar-refractivity contribution in [3.8, 4) is 0 Å². The molecule has 4 nitrogen and oxygen atoms in total. The highest BCUT2D eigenvalue weighted by Crippen LogP contribution is 2.31. The van der Waals surface area contributed by atoms with E-state index in [9.17, 15) is 0 Å². The normalized spacial score (nSPS) is 22.4. The maximum atomic E-state index is 4.66. The molecular formula is C17H28N4. The zero-order valence-corrected chi connectivity index (χ0v) is 13.7. The summed E-state index contributed by atoms with van der Waals surface area (Å²) < 4.78 is 0. The Bertz CT molecular complexity index is 492. The summed E-state index contributed by atoms with van der Waals surface area (Å²) in [6, 6.07) is 0.574. The Morgan fingerprint density at radius 3 is 2.81 bits per heavy atom. The van der Waals surface area contributed by atoms with E-state index in [0.717, 1.165) is 25.9 Å². The lowest BCUT2D eigenvalue weighted by Gasteiger charge is -2.32. The molecular weight excluding hydrogens is 260 g/mol. The van der Waals surface area contributed by atoms with E-state index in [0.29, 0.717) is 6.04 Å². The highest BCUT2D eigenvalue weighted by Gasteiger charge is 2.29. The molecule has 1 unspecified atom stereocenters. The quantitative estimate of drug-likeness (QED) is 0.928. The Morgan fingerprint density at radius 2 is 2.00 bits per heavy atom. The summed E-state index contributed by atoms with van der Waals surface area (Å²) in [5.41, 5.74) is 2.89. The number of hydrogen-bond donors (Lipinski definition) is 1. The summed E-state index contributed by atoms with van der Waals surface area (Å²) in [6.07, 6.45) is 9.15. The van der Waals surface area contributed by atoms with Gasteiger partial charge in [-0.05, 0) is 59.3 Å². The maximum Gasteiger partial charge on any atom is 0.135 e. The van der Waals surface area contributed by atoms with Crippen LogP contribution in [0, 0.1) is 0 Å². The number of hydrogen-bond acceptors (Lipinski definition) is 4. The van der Waals surface area contributed by atoms with Gasteiger partial charge < -0.3 is 10.2 Å². The van der Waals surface area contributed by atoms with Gasteiger partial charge in [-0.15, -0.1) is 0 Å². The lowest BCUT2D eigenvalue weighted by Crippen LogP contribution is -2.45. The molecule has 2 aliphatic rings. The van der Waals surface area contributed by atoms with Crippen LogP contribution in [0.3, 0.4) is 0 Å². The molecule has 0 bridgehead atoms. The molecule has 0 radical (unpaired) electrons. The lowest BCUT2D eigenvalue weighted by atomic mass is 9.96. The third kappa shape index (κ3) is 3.37. The van der Waals surface area contributed by atoms with Gasteiger partial charge in [0.1, 0.15) is 12.1 Å². The first-order chi connectivity index (χ1) is 10.0. The van der Waals surface area contributed by atoms with E-state index < -0.39 is 0 Å². The highest BCUT2D eigenvalue weighted by molar-refractivity contribution is 5.51. The van der Waals surface area contributed by atoms with Crippen molar-refractivity contribution in [1.82, 2.24) is 15.3 Å². The number of rotatable bonds is 3. The summed E-state index contributed by atoms with van der Waals surface area (Å²) in [5.74, 6) is 1.22. The molecule has 0 spiro atoms. The molecule has 116 valence electrons. The molecule has 1 N–H and O–H groups in total. The number of aromatic nitrogens is 2. The molecule has 3 rings (SSSR count). The van der Waals surface area contributed by atoms with Crippen LogP contribution in [0.15, 0.2) is 6.33 Å². The lowest BCUT2D eigenvalue weighted by molar-refractivity contribution is 0.404. The van der Waals surface area contributed by atoms with Gasteiger partial charge in [0.15, 0.2) is 0 Å². The van der Waals surface area contributed by atoms with Crippen LogP contribution in [0.1, 0.15) is 57.7 Å². The summed E-state index contributed by atoms with van der Waals surface area (Å²) in [6.45, 7) is 8.89. The molecule has 0 amide bonds. The fourth-order valence-electron chi connectivity index (χ4n) is 3.50. The monoisotopic (exact) mass is 288 g/mol. The first-order valence-electron chi connectivity index (χ1n) is 8.39. The zero-order valence-electron chi connectivity index (χ0n) is 13.7. The molecule has 1 saturated heterocycles. The highest BCUT2D eigenvalue weighted by atomic mass is 15.3. The van der Waals surface area contributed by atoms with Crippen LogP contribution >= 0.6 is 0 Å². The van der Waals surface area contributed by atoms with E-state index in [4.69, 9.17) is 0 Å². The van der Waals surface area contributed by atoms with Gasteiger partial charge in [0.2, 0.25) is 0 Å². The van der Waals surface area contributed by atoms with Crippen molar-refractivity contribution in [2.24, 2.45) is 0 Å². The van der Waals surface area contributed by atoms with Crippen LogP contribution in [-0.2, 0) is 12.8 Å². The Morgan fingerprint density at radius 1 is 1.19 bits per heavy atom. The van der Waals surface area contributed by atoms with E-state index in [1.807, 2.05) is 0 Å². The third-order valence-electron chi connectivity index (χ3n) is 4.62. The molecule has 0 saturated carbocycles. The Balaban J connectivity index is 1.79. The average molecular weight is 288 g/mol. The second-order valence-electron chi connectivity index (χ2n) is 7.45. The van der Waals surface area contributed by atoms with Crippen LogP contribution in [0.2, 0.25) is 0 Å². The van der Waals surface area contributed by atoms with Gasteiger partial charge in [0, 0.05) is 35.9 Å². The summed E-state index contributed by atoms with van der Waals surface area (Å²) in [4.78, 5) is 11.7. The summed E-state index contributed by atoms with van der Waals surface area (Å²) in [5, 5.41) is 3.66. The number of aryl methyl sites for hydroxylation is 1. The van der Waals surface area contributed by atoms with Crippen molar-refractivity contribution < 1.29 is 0 Å². The predicted molar refractivity (Wildman–Crippen MR) is 86.8 cm³/mol. The van der Waals surface area contributed by atoms with Crippen LogP contribution in [0.4, 0.5) is 5.82 Å². The van der Waals surface area contributed by atoms with Gasteiger partial charge in [0.05, 0.1) is 0 Å². The van der Waals surface area contributed by atoms with Crippen molar-refractivity contribution >= 4 is 5.82 Å². The molecule has 2 heterocycles. The molecule has 1 fully saturated rings. The minimum atomic E-state index is 0.180. The van der Waals surface area contributed by atoms with Crippen LogP contribution in [0.25, 0.3) is 0 Å². The van der Waals surface area contributed by atoms with Crippen molar-refractivity contribution in [2.75, 3.05) is 18.0 Å². The molecule has 1 aromatic rings. The van der Waals surface area contributed by atoms with E-state index >= 15 is 0 Å². The van der Waals surface area contributed by atoms with E-state index in [-0.39, 0.29) is 5.54 Å². The molecule has 1 aliphatic carbocycles. The van der Waals surface area contributed by atoms with Gasteiger partial charge in [0.25, 0.3) is 0 Å². The van der Waals surface area contributed by atoms with Gasteiger partial charge in [-0.25, -0.2) is 9.97 Å². The van der Waals surface area contributed by atoms with Crippen molar-refractivity contribution in [3.63, 3.8) is 0 Å². The number of nitrogens with one attached hydrogen (secondary N) is 1. The number of fused-ring (bicyclic) bond motifs is 1. The smallest absolute Gasteiger partial charge is 0.135 e. The topological polar surface area (TPSA) is 41.0 Å². The SMILES string of the molecule is CC(C)(C)NCC1CCCN1c1ncnc2c1CCCC2. The second-order valence-corrected chi connectivity index (χ2v) is 7.45. The molecule has 0 aromatic carbocycles. The number of anilines is 1. The van der Waals surface area contributed by atoms with Crippen molar-refractivity contribution in [1.29, 1.82) is 0 Å². The van der Waals surface area contributed by atoms with Gasteiger partial charge in [-0.1, -0.05) is 0 Å². The molecule has 21 heavy (non-hydrogen) atoms. The minimum absolute atomic E-state index is 0.180. The Kier molecular flexibility index (Phi) is 4.16. The largest absolute Gasteiger partial charge is 0.352 e. The minimum Gasteiger partial charge on any atom is -0.352 e. The van der Waals surface area contributed by atoms with Crippen LogP contribution in [0.5, 0.6) is 0 Å². The summed E-state index contributed by atoms with van der Waals surface area (Å²) >= 11 is 0. The molecule has 1 aliphatic heterocycles. The molecule has 1 aromatic heterocycles. The van der Waals surface area contributed by atoms with Crippen LogP contribution < -0.4 is 10.2 Å². The Hall–Kier alpha value is -1.16.